The first-order valence-corrected chi connectivity index (χ1v) is 6.97. The van der Waals surface area contributed by atoms with Crippen molar-refractivity contribution >= 4 is 11.6 Å². The molecular formula is C14H21ClN2. The molecule has 0 aromatic carbocycles. The van der Waals surface area contributed by atoms with Crippen molar-refractivity contribution in [2.24, 2.45) is 0 Å². The first-order valence-electron chi connectivity index (χ1n) is 6.59. The van der Waals surface area contributed by atoms with Crippen LogP contribution in [0.25, 0.3) is 0 Å². The van der Waals surface area contributed by atoms with Gasteiger partial charge in [0.2, 0.25) is 0 Å². The Morgan fingerprint density at radius 3 is 2.94 bits per heavy atom. The zero-order valence-corrected chi connectivity index (χ0v) is 11.5. The molecule has 0 unspecified atom stereocenters. The average Bonchev–Trinajstić information content (AvgIpc) is 2.31. The van der Waals surface area contributed by atoms with Gasteiger partial charge in [-0.3, -0.25) is 4.90 Å². The number of halogens is 1. The van der Waals surface area contributed by atoms with Crippen LogP contribution in [0.5, 0.6) is 0 Å². The van der Waals surface area contributed by atoms with E-state index in [1.165, 1.54) is 44.3 Å². The Morgan fingerprint density at radius 1 is 1.41 bits per heavy atom. The number of nitrogens with zero attached hydrogens (tertiary/aromatic N) is 2. The van der Waals surface area contributed by atoms with Crippen molar-refractivity contribution in [3.8, 4) is 0 Å². The van der Waals surface area contributed by atoms with Gasteiger partial charge in [0.25, 0.3) is 0 Å². The molecule has 94 valence electrons. The number of hydrogen-bond acceptors (Lipinski definition) is 2. The predicted octanol–water partition coefficient (Wildman–Crippen LogP) is 3.98. The molecule has 0 aliphatic carbocycles. The molecule has 0 saturated carbocycles. The monoisotopic (exact) mass is 252 g/mol. The van der Waals surface area contributed by atoms with Crippen molar-refractivity contribution in [3.05, 3.63) is 28.5 Å². The molecular weight excluding hydrogens is 232 g/mol. The Morgan fingerprint density at radius 2 is 2.24 bits per heavy atom. The second-order valence-electron chi connectivity index (χ2n) is 4.86. The third-order valence-corrected chi connectivity index (χ3v) is 3.79. The van der Waals surface area contributed by atoms with Gasteiger partial charge in [-0.15, -0.1) is 0 Å². The van der Waals surface area contributed by atoms with E-state index in [1.807, 2.05) is 6.07 Å². The van der Waals surface area contributed by atoms with E-state index in [0.29, 0.717) is 11.2 Å². The largest absolute Gasteiger partial charge is 0.296 e. The normalized spacial score (nSPS) is 21.7. The summed E-state index contributed by atoms with van der Waals surface area (Å²) in [5.41, 5.74) is 2.45. The second-order valence-corrected chi connectivity index (χ2v) is 5.24. The highest BCUT2D eigenvalue weighted by Crippen LogP contribution is 2.32. The van der Waals surface area contributed by atoms with E-state index >= 15 is 0 Å². The van der Waals surface area contributed by atoms with Gasteiger partial charge in [0.15, 0.2) is 0 Å². The van der Waals surface area contributed by atoms with E-state index in [-0.39, 0.29) is 0 Å². The highest BCUT2D eigenvalue weighted by Gasteiger charge is 2.24. The van der Waals surface area contributed by atoms with Crippen LogP contribution in [0.4, 0.5) is 0 Å². The Balaban J connectivity index is 2.23. The lowest BCUT2D eigenvalue weighted by atomic mass is 9.94. The SMILES string of the molecule is CCCN1CCCC[C@H]1c1ccc(Cl)nc1C. The fourth-order valence-corrected chi connectivity index (χ4v) is 2.98. The molecule has 2 rings (SSSR count). The average molecular weight is 253 g/mol. The summed E-state index contributed by atoms with van der Waals surface area (Å²) in [6, 6.07) is 4.62. The minimum Gasteiger partial charge on any atom is -0.296 e. The zero-order chi connectivity index (χ0) is 12.3. The molecule has 0 bridgehead atoms. The third kappa shape index (κ3) is 2.99. The second kappa shape index (κ2) is 5.83. The van der Waals surface area contributed by atoms with E-state index in [1.54, 1.807) is 0 Å². The lowest BCUT2D eigenvalue weighted by molar-refractivity contribution is 0.148. The zero-order valence-electron chi connectivity index (χ0n) is 10.7. The molecule has 1 aliphatic rings. The summed E-state index contributed by atoms with van der Waals surface area (Å²) in [4.78, 5) is 6.98. The molecule has 1 aromatic rings. The molecule has 0 spiro atoms. The van der Waals surface area contributed by atoms with Crippen LogP contribution in [0.2, 0.25) is 5.15 Å². The number of piperidine rings is 1. The van der Waals surface area contributed by atoms with Crippen LogP contribution in [0, 0.1) is 6.92 Å². The molecule has 17 heavy (non-hydrogen) atoms. The smallest absolute Gasteiger partial charge is 0.129 e. The maximum Gasteiger partial charge on any atom is 0.129 e. The molecule has 0 N–H and O–H groups in total. The van der Waals surface area contributed by atoms with E-state index in [9.17, 15) is 0 Å². The summed E-state index contributed by atoms with van der Waals surface area (Å²) in [6.45, 7) is 6.73. The number of likely N-dealkylation sites (tertiary alicyclic amines) is 1. The van der Waals surface area contributed by atoms with Crippen molar-refractivity contribution in [2.45, 2.75) is 45.6 Å². The minimum atomic E-state index is 0.550. The summed E-state index contributed by atoms with van der Waals surface area (Å²) in [5.74, 6) is 0. The molecule has 1 atom stereocenters. The van der Waals surface area contributed by atoms with Gasteiger partial charge in [-0.2, -0.15) is 0 Å². The summed E-state index contributed by atoms with van der Waals surface area (Å²) in [7, 11) is 0. The third-order valence-electron chi connectivity index (χ3n) is 3.58. The summed E-state index contributed by atoms with van der Waals surface area (Å²) in [5, 5.41) is 0.601. The number of pyridine rings is 1. The van der Waals surface area contributed by atoms with Crippen molar-refractivity contribution in [3.63, 3.8) is 0 Å². The Labute approximate surface area is 109 Å². The fourth-order valence-electron chi connectivity index (χ4n) is 2.79. The van der Waals surface area contributed by atoms with E-state index in [0.717, 1.165) is 5.69 Å². The molecule has 2 heterocycles. The van der Waals surface area contributed by atoms with Gasteiger partial charge in [-0.05, 0) is 50.9 Å². The Bertz CT molecular complexity index is 376. The maximum absolute atomic E-state index is 5.93. The van der Waals surface area contributed by atoms with Gasteiger partial charge in [0.1, 0.15) is 5.15 Å². The van der Waals surface area contributed by atoms with Crippen LogP contribution in [0.1, 0.15) is 49.9 Å². The molecule has 0 amide bonds. The summed E-state index contributed by atoms with van der Waals surface area (Å²) < 4.78 is 0. The molecule has 1 aromatic heterocycles. The molecule has 2 nitrogen and oxygen atoms in total. The van der Waals surface area contributed by atoms with Gasteiger partial charge in [0, 0.05) is 11.7 Å². The molecule has 0 radical (unpaired) electrons. The minimum absolute atomic E-state index is 0.550. The molecule has 1 fully saturated rings. The quantitative estimate of drug-likeness (QED) is 0.757. The molecule has 3 heteroatoms. The first-order chi connectivity index (χ1) is 8.22. The highest BCUT2D eigenvalue weighted by atomic mass is 35.5. The topological polar surface area (TPSA) is 16.1 Å². The lowest BCUT2D eigenvalue weighted by Gasteiger charge is -2.36. The van der Waals surface area contributed by atoms with Crippen LogP contribution in [0.15, 0.2) is 12.1 Å². The molecule has 1 aliphatic heterocycles. The van der Waals surface area contributed by atoms with E-state index < -0.39 is 0 Å². The first kappa shape index (κ1) is 12.8. The van der Waals surface area contributed by atoms with Crippen LogP contribution in [-0.4, -0.2) is 23.0 Å². The summed E-state index contributed by atoms with van der Waals surface area (Å²) in [6.07, 6.45) is 5.13. The highest BCUT2D eigenvalue weighted by molar-refractivity contribution is 6.29. The van der Waals surface area contributed by atoms with Crippen molar-refractivity contribution in [1.29, 1.82) is 0 Å². The Kier molecular flexibility index (Phi) is 4.41. The summed E-state index contributed by atoms with van der Waals surface area (Å²) >= 11 is 5.93. The number of rotatable bonds is 3. The van der Waals surface area contributed by atoms with Gasteiger partial charge < -0.3 is 0 Å². The van der Waals surface area contributed by atoms with Crippen molar-refractivity contribution < 1.29 is 0 Å². The fraction of sp³-hybridized carbons (Fsp3) is 0.643. The Hall–Kier alpha value is -0.600. The number of aromatic nitrogens is 1. The lowest BCUT2D eigenvalue weighted by Crippen LogP contribution is -2.34. The predicted molar refractivity (Wildman–Crippen MR) is 72.4 cm³/mol. The van der Waals surface area contributed by atoms with Gasteiger partial charge in [-0.1, -0.05) is 31.0 Å². The van der Waals surface area contributed by atoms with Crippen LogP contribution >= 0.6 is 11.6 Å². The van der Waals surface area contributed by atoms with Gasteiger partial charge >= 0.3 is 0 Å². The van der Waals surface area contributed by atoms with Crippen LogP contribution in [-0.2, 0) is 0 Å². The van der Waals surface area contributed by atoms with Crippen LogP contribution < -0.4 is 0 Å². The number of aryl methyl sites for hydroxylation is 1. The number of hydrogen-bond donors (Lipinski definition) is 0. The van der Waals surface area contributed by atoms with Crippen molar-refractivity contribution in [2.75, 3.05) is 13.1 Å². The van der Waals surface area contributed by atoms with Crippen molar-refractivity contribution in [1.82, 2.24) is 9.88 Å². The van der Waals surface area contributed by atoms with E-state index in [2.05, 4.69) is 29.8 Å². The molecule has 1 saturated heterocycles. The van der Waals surface area contributed by atoms with E-state index in [4.69, 9.17) is 11.6 Å². The maximum atomic E-state index is 5.93. The standard InChI is InChI=1S/C14H21ClN2/c1-3-9-17-10-5-4-6-13(17)12-7-8-14(15)16-11(12)2/h7-8,13H,3-6,9-10H2,1-2H3/t13-/m0/s1. The van der Waals surface area contributed by atoms with Gasteiger partial charge in [0.05, 0.1) is 0 Å². The van der Waals surface area contributed by atoms with Gasteiger partial charge in [-0.25, -0.2) is 4.98 Å². The van der Waals surface area contributed by atoms with Crippen LogP contribution in [0.3, 0.4) is 0 Å².